The predicted octanol–water partition coefficient (Wildman–Crippen LogP) is 2.05. The minimum absolute atomic E-state index is 0.423. The van der Waals surface area contributed by atoms with Gasteiger partial charge < -0.3 is 10.2 Å². The lowest BCUT2D eigenvalue weighted by Gasteiger charge is -1.87. The van der Waals surface area contributed by atoms with Crippen LogP contribution in [-0.4, -0.2) is 4.98 Å². The van der Waals surface area contributed by atoms with Gasteiger partial charge in [-0.05, 0) is 22.0 Å². The van der Waals surface area contributed by atoms with Crippen LogP contribution < -0.4 is 5.73 Å². The first kappa shape index (κ1) is 7.76. The maximum absolute atomic E-state index is 5.43. The normalized spacial score (nSPS) is 10.8. The van der Waals surface area contributed by atoms with E-state index in [2.05, 4.69) is 20.9 Å². The van der Waals surface area contributed by atoms with Crippen LogP contribution in [-0.2, 0) is 6.54 Å². The summed E-state index contributed by atoms with van der Waals surface area (Å²) in [5.41, 5.74) is 6.24. The van der Waals surface area contributed by atoms with Crippen molar-refractivity contribution in [2.45, 2.75) is 6.54 Å². The Labute approximate surface area is 77.7 Å². The van der Waals surface area contributed by atoms with Crippen LogP contribution >= 0.6 is 15.9 Å². The van der Waals surface area contributed by atoms with E-state index in [9.17, 15) is 0 Å². The van der Waals surface area contributed by atoms with Gasteiger partial charge in [0, 0.05) is 17.6 Å². The molecule has 12 heavy (non-hydrogen) atoms. The van der Waals surface area contributed by atoms with Crippen LogP contribution in [0.2, 0.25) is 0 Å². The molecule has 62 valence electrons. The van der Waals surface area contributed by atoms with E-state index in [1.165, 1.54) is 0 Å². The second kappa shape index (κ2) is 2.88. The van der Waals surface area contributed by atoms with Crippen LogP contribution in [0.25, 0.3) is 11.0 Å². The van der Waals surface area contributed by atoms with Gasteiger partial charge in [0.15, 0.2) is 0 Å². The van der Waals surface area contributed by atoms with Crippen molar-refractivity contribution in [2.24, 2.45) is 5.73 Å². The van der Waals surface area contributed by atoms with E-state index in [-0.39, 0.29) is 0 Å². The van der Waals surface area contributed by atoms with Crippen LogP contribution in [0.1, 0.15) is 5.76 Å². The van der Waals surface area contributed by atoms with Gasteiger partial charge >= 0.3 is 0 Å². The van der Waals surface area contributed by atoms with Gasteiger partial charge in [0.1, 0.15) is 15.9 Å². The van der Waals surface area contributed by atoms with Crippen molar-refractivity contribution in [3.63, 3.8) is 0 Å². The minimum atomic E-state index is 0.423. The van der Waals surface area contributed by atoms with Gasteiger partial charge in [0.25, 0.3) is 0 Å². The van der Waals surface area contributed by atoms with Gasteiger partial charge in [-0.2, -0.15) is 0 Å². The van der Waals surface area contributed by atoms with Crippen molar-refractivity contribution in [3.05, 3.63) is 28.7 Å². The molecule has 0 saturated heterocycles. The quantitative estimate of drug-likeness (QED) is 0.758. The number of halogens is 1. The predicted molar refractivity (Wildman–Crippen MR) is 49.6 cm³/mol. The maximum atomic E-state index is 5.43. The SMILES string of the molecule is NCc1cc2cnc(Br)cc2o1. The largest absolute Gasteiger partial charge is 0.460 e. The molecular formula is C8H7BrN2O. The zero-order valence-corrected chi connectivity index (χ0v) is 7.84. The third-order valence-electron chi connectivity index (χ3n) is 1.62. The fourth-order valence-corrected chi connectivity index (χ4v) is 1.38. The number of nitrogens with zero attached hydrogens (tertiary/aromatic N) is 1. The molecule has 0 spiro atoms. The summed E-state index contributed by atoms with van der Waals surface area (Å²) in [5, 5.41) is 0.985. The Hall–Kier alpha value is -0.870. The van der Waals surface area contributed by atoms with Crippen molar-refractivity contribution in [1.82, 2.24) is 4.98 Å². The molecule has 0 unspecified atom stereocenters. The van der Waals surface area contributed by atoms with Gasteiger partial charge in [0.05, 0.1) is 6.54 Å². The molecule has 0 aliphatic heterocycles. The Bertz CT molecular complexity index is 410. The molecule has 0 atom stereocenters. The second-order valence-corrected chi connectivity index (χ2v) is 3.27. The van der Waals surface area contributed by atoms with Gasteiger partial charge in [-0.15, -0.1) is 0 Å². The molecule has 0 aliphatic carbocycles. The molecule has 0 radical (unpaired) electrons. The number of hydrogen-bond donors (Lipinski definition) is 1. The average Bonchev–Trinajstić information content (AvgIpc) is 2.46. The van der Waals surface area contributed by atoms with Crippen LogP contribution in [0, 0.1) is 0 Å². The summed E-state index contributed by atoms with van der Waals surface area (Å²) in [4.78, 5) is 4.07. The molecule has 3 nitrogen and oxygen atoms in total. The van der Waals surface area contributed by atoms with Crippen molar-refractivity contribution in [3.8, 4) is 0 Å². The molecule has 2 aromatic heterocycles. The number of furan rings is 1. The number of hydrogen-bond acceptors (Lipinski definition) is 3. The highest BCUT2D eigenvalue weighted by Crippen LogP contribution is 2.20. The Morgan fingerprint density at radius 3 is 3.08 bits per heavy atom. The maximum Gasteiger partial charge on any atom is 0.138 e. The molecule has 0 bridgehead atoms. The summed E-state index contributed by atoms with van der Waals surface area (Å²) in [6.07, 6.45) is 1.75. The Morgan fingerprint density at radius 1 is 1.50 bits per heavy atom. The third kappa shape index (κ3) is 1.23. The second-order valence-electron chi connectivity index (χ2n) is 2.46. The monoisotopic (exact) mass is 226 g/mol. The van der Waals surface area contributed by atoms with E-state index in [1.807, 2.05) is 12.1 Å². The van der Waals surface area contributed by atoms with Crippen LogP contribution in [0.4, 0.5) is 0 Å². The summed E-state index contributed by atoms with van der Waals surface area (Å²) in [7, 11) is 0. The lowest BCUT2D eigenvalue weighted by molar-refractivity contribution is 0.552. The van der Waals surface area contributed by atoms with E-state index < -0.39 is 0 Å². The van der Waals surface area contributed by atoms with E-state index >= 15 is 0 Å². The molecule has 0 saturated carbocycles. The molecule has 4 heteroatoms. The highest BCUT2D eigenvalue weighted by atomic mass is 79.9. The Balaban J connectivity index is 2.67. The fraction of sp³-hybridized carbons (Fsp3) is 0.125. The molecule has 0 fully saturated rings. The van der Waals surface area contributed by atoms with E-state index in [0.29, 0.717) is 6.54 Å². The average molecular weight is 227 g/mol. The summed E-state index contributed by atoms with van der Waals surface area (Å²) >= 11 is 3.26. The number of nitrogens with two attached hydrogens (primary N) is 1. The fourth-order valence-electron chi connectivity index (χ4n) is 1.07. The zero-order valence-electron chi connectivity index (χ0n) is 6.25. The van der Waals surface area contributed by atoms with Gasteiger partial charge in [-0.25, -0.2) is 4.98 Å². The standard InChI is InChI=1S/C8H7BrN2O/c9-8-2-7-5(4-11-8)1-6(3-10)12-7/h1-2,4H,3,10H2. The lowest BCUT2D eigenvalue weighted by atomic mass is 10.3. The molecular weight excluding hydrogens is 220 g/mol. The highest BCUT2D eigenvalue weighted by Gasteiger charge is 2.02. The summed E-state index contributed by atoms with van der Waals surface area (Å²) < 4.78 is 6.17. The van der Waals surface area contributed by atoms with Crippen LogP contribution in [0.5, 0.6) is 0 Å². The molecule has 0 aromatic carbocycles. The number of pyridine rings is 1. The van der Waals surface area contributed by atoms with Crippen LogP contribution in [0.3, 0.4) is 0 Å². The van der Waals surface area contributed by atoms with Crippen molar-refractivity contribution in [1.29, 1.82) is 0 Å². The molecule has 0 aliphatic rings. The van der Waals surface area contributed by atoms with E-state index in [1.54, 1.807) is 6.20 Å². The molecule has 2 N–H and O–H groups in total. The molecule has 0 amide bonds. The molecule has 2 heterocycles. The number of aromatic nitrogens is 1. The van der Waals surface area contributed by atoms with Crippen molar-refractivity contribution < 1.29 is 4.42 Å². The molecule has 2 aromatic rings. The first-order chi connectivity index (χ1) is 5.79. The van der Waals surface area contributed by atoms with Gasteiger partial charge in [-0.3, -0.25) is 0 Å². The molecule has 2 rings (SSSR count). The Morgan fingerprint density at radius 2 is 2.33 bits per heavy atom. The van der Waals surface area contributed by atoms with Gasteiger partial charge in [0.2, 0.25) is 0 Å². The van der Waals surface area contributed by atoms with E-state index in [4.69, 9.17) is 10.2 Å². The summed E-state index contributed by atoms with van der Waals surface area (Å²) in [6, 6.07) is 3.73. The first-order valence-corrected chi connectivity index (χ1v) is 4.33. The van der Waals surface area contributed by atoms with E-state index in [0.717, 1.165) is 21.3 Å². The third-order valence-corrected chi connectivity index (χ3v) is 2.05. The number of fused-ring (bicyclic) bond motifs is 1. The summed E-state index contributed by atoms with van der Waals surface area (Å²) in [5.74, 6) is 0.782. The number of rotatable bonds is 1. The Kier molecular flexibility index (Phi) is 1.86. The lowest BCUT2D eigenvalue weighted by Crippen LogP contribution is -1.92. The zero-order chi connectivity index (χ0) is 8.55. The topological polar surface area (TPSA) is 52.0 Å². The van der Waals surface area contributed by atoms with Gasteiger partial charge in [-0.1, -0.05) is 0 Å². The smallest absolute Gasteiger partial charge is 0.138 e. The summed E-state index contributed by atoms with van der Waals surface area (Å²) in [6.45, 7) is 0.423. The van der Waals surface area contributed by atoms with Crippen molar-refractivity contribution in [2.75, 3.05) is 0 Å². The van der Waals surface area contributed by atoms with Crippen LogP contribution in [0.15, 0.2) is 27.3 Å². The first-order valence-electron chi connectivity index (χ1n) is 3.53. The highest BCUT2D eigenvalue weighted by molar-refractivity contribution is 9.10. The van der Waals surface area contributed by atoms with Crippen molar-refractivity contribution >= 4 is 26.9 Å². The minimum Gasteiger partial charge on any atom is -0.460 e.